The molecule has 1 fully saturated rings. The summed E-state index contributed by atoms with van der Waals surface area (Å²) >= 11 is 7.58. The minimum absolute atomic E-state index is 0.181. The number of rotatable bonds is 3. The van der Waals surface area contributed by atoms with Crippen molar-refractivity contribution in [2.45, 2.75) is 0 Å². The number of anilines is 2. The minimum Gasteiger partial charge on any atom is -0.378 e. The van der Waals surface area contributed by atoms with Gasteiger partial charge in [-0.1, -0.05) is 29.0 Å². The van der Waals surface area contributed by atoms with Gasteiger partial charge in [-0.25, -0.2) is 4.98 Å². The van der Waals surface area contributed by atoms with Crippen molar-refractivity contribution >= 4 is 49.9 Å². The van der Waals surface area contributed by atoms with Crippen molar-refractivity contribution in [2.24, 2.45) is 0 Å². The molecule has 0 saturated carbocycles. The maximum absolute atomic E-state index is 12.4. The summed E-state index contributed by atoms with van der Waals surface area (Å²) in [6, 6.07) is 12.7. The molecule has 2 aromatic carbocycles. The number of aromatic nitrogens is 1. The van der Waals surface area contributed by atoms with Crippen molar-refractivity contribution in [3.8, 4) is 0 Å². The number of amides is 1. The predicted octanol–water partition coefficient (Wildman–Crippen LogP) is 4.04. The first-order valence-electron chi connectivity index (χ1n) is 7.99. The molecule has 1 aliphatic heterocycles. The maximum Gasteiger partial charge on any atom is 0.255 e. The Morgan fingerprint density at radius 3 is 2.84 bits per heavy atom. The van der Waals surface area contributed by atoms with Crippen LogP contribution in [0.1, 0.15) is 10.4 Å². The Morgan fingerprint density at radius 2 is 2.04 bits per heavy atom. The number of fused-ring (bicyclic) bond motifs is 1. The van der Waals surface area contributed by atoms with Gasteiger partial charge < -0.3 is 15.0 Å². The van der Waals surface area contributed by atoms with Crippen LogP contribution in [-0.4, -0.2) is 37.2 Å². The Balaban J connectivity index is 1.55. The highest BCUT2D eigenvalue weighted by Crippen LogP contribution is 2.31. The molecule has 4 rings (SSSR count). The highest BCUT2D eigenvalue weighted by molar-refractivity contribution is 7.22. The molecule has 128 valence electrons. The third-order valence-corrected chi connectivity index (χ3v) is 5.32. The molecule has 2 heterocycles. The van der Waals surface area contributed by atoms with E-state index in [1.165, 1.54) is 0 Å². The lowest BCUT2D eigenvalue weighted by Crippen LogP contribution is -2.36. The second kappa shape index (κ2) is 7.00. The van der Waals surface area contributed by atoms with Crippen LogP contribution in [0.4, 0.5) is 10.8 Å². The zero-order chi connectivity index (χ0) is 17.2. The normalized spacial score (nSPS) is 14.7. The molecule has 1 saturated heterocycles. The van der Waals surface area contributed by atoms with E-state index in [2.05, 4.69) is 15.2 Å². The molecule has 5 nitrogen and oxygen atoms in total. The SMILES string of the molecule is O=C(Nc1ccc2nc(N3CCOCC3)sc2c1)c1cccc(Cl)c1. The van der Waals surface area contributed by atoms with Gasteiger partial charge >= 0.3 is 0 Å². The molecule has 0 unspecified atom stereocenters. The van der Waals surface area contributed by atoms with Gasteiger partial charge in [0.2, 0.25) is 0 Å². The molecule has 1 N–H and O–H groups in total. The van der Waals surface area contributed by atoms with E-state index in [1.54, 1.807) is 35.6 Å². The van der Waals surface area contributed by atoms with Gasteiger partial charge in [0.1, 0.15) is 0 Å². The molecule has 7 heteroatoms. The van der Waals surface area contributed by atoms with Crippen molar-refractivity contribution in [3.05, 3.63) is 53.1 Å². The molecular formula is C18H16ClN3O2S. The summed E-state index contributed by atoms with van der Waals surface area (Å²) in [5.74, 6) is -0.181. The van der Waals surface area contributed by atoms with Crippen LogP contribution in [0.3, 0.4) is 0 Å². The molecule has 0 atom stereocenters. The van der Waals surface area contributed by atoms with Crippen LogP contribution >= 0.6 is 22.9 Å². The number of hydrogen-bond donors (Lipinski definition) is 1. The summed E-state index contributed by atoms with van der Waals surface area (Å²) in [5.41, 5.74) is 2.22. The second-order valence-corrected chi connectivity index (χ2v) is 7.19. The molecular weight excluding hydrogens is 358 g/mol. The fourth-order valence-electron chi connectivity index (χ4n) is 2.71. The lowest BCUT2D eigenvalue weighted by molar-refractivity contribution is 0.102. The Labute approximate surface area is 154 Å². The average Bonchev–Trinajstić information content (AvgIpc) is 3.06. The number of carbonyl (C=O) groups is 1. The molecule has 1 aliphatic rings. The average molecular weight is 374 g/mol. The van der Waals surface area contributed by atoms with Gasteiger partial charge in [0, 0.05) is 29.4 Å². The number of ether oxygens (including phenoxy) is 1. The number of hydrogen-bond acceptors (Lipinski definition) is 5. The third kappa shape index (κ3) is 3.61. The largest absolute Gasteiger partial charge is 0.378 e. The molecule has 1 amide bonds. The van der Waals surface area contributed by atoms with Crippen LogP contribution in [0, 0.1) is 0 Å². The van der Waals surface area contributed by atoms with Crippen molar-refractivity contribution in [3.63, 3.8) is 0 Å². The summed E-state index contributed by atoms with van der Waals surface area (Å²) in [6.45, 7) is 3.18. The molecule has 0 spiro atoms. The summed E-state index contributed by atoms with van der Waals surface area (Å²) in [6.07, 6.45) is 0. The van der Waals surface area contributed by atoms with Crippen LogP contribution in [0.25, 0.3) is 10.2 Å². The van der Waals surface area contributed by atoms with Crippen molar-refractivity contribution in [1.29, 1.82) is 0 Å². The molecule has 0 radical (unpaired) electrons. The number of halogens is 1. The standard InChI is InChI=1S/C18H16ClN3O2S/c19-13-3-1-2-12(10-13)17(23)20-14-4-5-15-16(11-14)25-18(21-15)22-6-8-24-9-7-22/h1-5,10-11H,6-9H2,(H,20,23). The topological polar surface area (TPSA) is 54.5 Å². The van der Waals surface area contributed by atoms with Crippen LogP contribution in [0.15, 0.2) is 42.5 Å². The lowest BCUT2D eigenvalue weighted by atomic mass is 10.2. The maximum atomic E-state index is 12.4. The zero-order valence-electron chi connectivity index (χ0n) is 13.4. The van der Waals surface area contributed by atoms with E-state index in [4.69, 9.17) is 16.3 Å². The number of benzene rings is 2. The number of nitrogens with one attached hydrogen (secondary N) is 1. The van der Waals surface area contributed by atoms with E-state index in [0.29, 0.717) is 10.6 Å². The Kier molecular flexibility index (Phi) is 4.57. The van der Waals surface area contributed by atoms with E-state index in [-0.39, 0.29) is 5.91 Å². The van der Waals surface area contributed by atoms with Gasteiger partial charge in [-0.05, 0) is 36.4 Å². The fourth-order valence-corrected chi connectivity index (χ4v) is 3.96. The van der Waals surface area contributed by atoms with E-state index < -0.39 is 0 Å². The molecule has 3 aromatic rings. The zero-order valence-corrected chi connectivity index (χ0v) is 14.9. The number of nitrogens with zero attached hydrogens (tertiary/aromatic N) is 2. The highest BCUT2D eigenvalue weighted by Gasteiger charge is 2.16. The first kappa shape index (κ1) is 16.3. The van der Waals surface area contributed by atoms with Crippen LogP contribution < -0.4 is 10.2 Å². The quantitative estimate of drug-likeness (QED) is 0.752. The number of morpholine rings is 1. The molecule has 1 aromatic heterocycles. The van der Waals surface area contributed by atoms with Gasteiger partial charge in [-0.2, -0.15) is 0 Å². The van der Waals surface area contributed by atoms with Gasteiger partial charge in [-0.3, -0.25) is 4.79 Å². The van der Waals surface area contributed by atoms with E-state index in [9.17, 15) is 4.79 Å². The smallest absolute Gasteiger partial charge is 0.255 e. The number of carbonyl (C=O) groups excluding carboxylic acids is 1. The van der Waals surface area contributed by atoms with Gasteiger partial charge in [0.25, 0.3) is 5.91 Å². The van der Waals surface area contributed by atoms with E-state index >= 15 is 0 Å². The van der Waals surface area contributed by atoms with Gasteiger partial charge in [0.15, 0.2) is 5.13 Å². The van der Waals surface area contributed by atoms with Crippen molar-refractivity contribution < 1.29 is 9.53 Å². The minimum atomic E-state index is -0.181. The highest BCUT2D eigenvalue weighted by atomic mass is 35.5. The molecule has 0 bridgehead atoms. The van der Waals surface area contributed by atoms with E-state index in [1.807, 2.05) is 18.2 Å². The van der Waals surface area contributed by atoms with E-state index in [0.717, 1.165) is 47.3 Å². The lowest BCUT2D eigenvalue weighted by Gasteiger charge is -2.25. The first-order chi connectivity index (χ1) is 12.2. The Bertz CT molecular complexity index is 922. The summed E-state index contributed by atoms with van der Waals surface area (Å²) in [5, 5.41) is 4.45. The predicted molar refractivity (Wildman–Crippen MR) is 102 cm³/mol. The Morgan fingerprint density at radius 1 is 1.20 bits per heavy atom. The van der Waals surface area contributed by atoms with Crippen LogP contribution in [-0.2, 0) is 4.74 Å². The second-order valence-electron chi connectivity index (χ2n) is 5.74. The molecule has 0 aliphatic carbocycles. The summed E-state index contributed by atoms with van der Waals surface area (Å²) in [7, 11) is 0. The number of thiazole rings is 1. The van der Waals surface area contributed by atoms with Crippen molar-refractivity contribution in [1.82, 2.24) is 4.98 Å². The third-order valence-electron chi connectivity index (χ3n) is 4.00. The Hall–Kier alpha value is -2.15. The van der Waals surface area contributed by atoms with Crippen LogP contribution in [0.2, 0.25) is 5.02 Å². The van der Waals surface area contributed by atoms with Gasteiger partial charge in [0.05, 0.1) is 23.4 Å². The molecule has 25 heavy (non-hydrogen) atoms. The summed E-state index contributed by atoms with van der Waals surface area (Å²) in [4.78, 5) is 19.3. The van der Waals surface area contributed by atoms with Crippen molar-refractivity contribution in [2.75, 3.05) is 36.5 Å². The summed E-state index contributed by atoms with van der Waals surface area (Å²) < 4.78 is 6.43. The van der Waals surface area contributed by atoms with Crippen LogP contribution in [0.5, 0.6) is 0 Å². The first-order valence-corrected chi connectivity index (χ1v) is 9.19. The monoisotopic (exact) mass is 373 g/mol. The fraction of sp³-hybridized carbons (Fsp3) is 0.222. The van der Waals surface area contributed by atoms with Gasteiger partial charge in [-0.15, -0.1) is 0 Å².